The maximum atomic E-state index is 11.7. The first-order valence-electron chi connectivity index (χ1n) is 5.75. The van der Waals surface area contributed by atoms with Gasteiger partial charge in [-0.3, -0.25) is 4.90 Å². The molecule has 1 fully saturated rings. The lowest BCUT2D eigenvalue weighted by molar-refractivity contribution is -0.142. The van der Waals surface area contributed by atoms with Crippen LogP contribution in [0.2, 0.25) is 0 Å². The predicted octanol–water partition coefficient (Wildman–Crippen LogP) is 1.86. The number of hydrogen-bond donors (Lipinski definition) is 1. The van der Waals surface area contributed by atoms with Gasteiger partial charge in [0.05, 0.1) is 6.61 Å². The van der Waals surface area contributed by atoms with E-state index in [2.05, 4.69) is 0 Å². The number of carboxylic acid groups (broad SMARTS) is 1. The molecule has 1 aliphatic heterocycles. The number of likely N-dealkylation sites (tertiary alicyclic amines) is 1. The summed E-state index contributed by atoms with van der Waals surface area (Å²) in [6, 6.07) is -0.764. The van der Waals surface area contributed by atoms with Gasteiger partial charge in [0.15, 0.2) is 0 Å². The fourth-order valence-corrected chi connectivity index (χ4v) is 1.91. The molecule has 1 saturated heterocycles. The van der Waals surface area contributed by atoms with Gasteiger partial charge in [0, 0.05) is 6.04 Å². The van der Waals surface area contributed by atoms with Crippen molar-refractivity contribution in [2.45, 2.75) is 51.6 Å². The van der Waals surface area contributed by atoms with Crippen LogP contribution in [0.4, 0.5) is 4.79 Å². The van der Waals surface area contributed by atoms with E-state index in [4.69, 9.17) is 9.84 Å². The Labute approximate surface area is 95.4 Å². The highest BCUT2D eigenvalue weighted by Crippen LogP contribution is 2.24. The zero-order chi connectivity index (χ0) is 12.1. The summed E-state index contributed by atoms with van der Waals surface area (Å²) in [4.78, 5) is 24.0. The highest BCUT2D eigenvalue weighted by molar-refractivity contribution is 5.81. The molecule has 0 aromatic carbocycles. The van der Waals surface area contributed by atoms with Crippen molar-refractivity contribution in [2.75, 3.05) is 6.61 Å². The van der Waals surface area contributed by atoms with Gasteiger partial charge < -0.3 is 9.84 Å². The van der Waals surface area contributed by atoms with Crippen molar-refractivity contribution in [3.05, 3.63) is 0 Å². The SMILES string of the molecule is CCCCOC(=O)N1C(C)CCC1C(=O)O. The zero-order valence-corrected chi connectivity index (χ0v) is 9.81. The second-order valence-corrected chi connectivity index (χ2v) is 4.16. The highest BCUT2D eigenvalue weighted by Gasteiger charge is 2.39. The summed E-state index contributed by atoms with van der Waals surface area (Å²) in [5.74, 6) is -0.947. The molecule has 5 nitrogen and oxygen atoms in total. The third-order valence-electron chi connectivity index (χ3n) is 2.89. The van der Waals surface area contributed by atoms with Gasteiger partial charge in [-0.1, -0.05) is 13.3 Å². The molecule has 2 atom stereocenters. The van der Waals surface area contributed by atoms with Crippen LogP contribution in [0.5, 0.6) is 0 Å². The second-order valence-electron chi connectivity index (χ2n) is 4.16. The predicted molar refractivity (Wildman–Crippen MR) is 58.2 cm³/mol. The summed E-state index contributed by atoms with van der Waals surface area (Å²) in [6.45, 7) is 4.22. The summed E-state index contributed by atoms with van der Waals surface area (Å²) in [7, 11) is 0. The molecule has 1 N–H and O–H groups in total. The summed E-state index contributed by atoms with van der Waals surface area (Å²) >= 11 is 0. The maximum Gasteiger partial charge on any atom is 0.410 e. The Bertz CT molecular complexity index is 267. The molecule has 0 aromatic rings. The van der Waals surface area contributed by atoms with Crippen molar-refractivity contribution in [1.29, 1.82) is 0 Å². The standard InChI is InChI=1S/C11H19NO4/c1-3-4-7-16-11(15)12-8(2)5-6-9(12)10(13)14/h8-9H,3-7H2,1-2H3,(H,13,14). The summed E-state index contributed by atoms with van der Waals surface area (Å²) in [5.41, 5.74) is 0. The number of unbranched alkanes of at least 4 members (excludes halogenated alkanes) is 1. The number of nitrogens with zero attached hydrogens (tertiary/aromatic N) is 1. The highest BCUT2D eigenvalue weighted by atomic mass is 16.6. The van der Waals surface area contributed by atoms with Gasteiger partial charge in [0.25, 0.3) is 0 Å². The molecule has 0 saturated carbocycles. The molecular weight excluding hydrogens is 210 g/mol. The van der Waals surface area contributed by atoms with Gasteiger partial charge in [-0.2, -0.15) is 0 Å². The number of carbonyl (C=O) groups is 2. The molecule has 16 heavy (non-hydrogen) atoms. The molecule has 1 rings (SSSR count). The van der Waals surface area contributed by atoms with Crippen molar-refractivity contribution in [2.24, 2.45) is 0 Å². The van der Waals surface area contributed by atoms with Crippen LogP contribution in [-0.2, 0) is 9.53 Å². The zero-order valence-electron chi connectivity index (χ0n) is 9.81. The van der Waals surface area contributed by atoms with Gasteiger partial charge in [-0.25, -0.2) is 9.59 Å². The first kappa shape index (κ1) is 12.8. The van der Waals surface area contributed by atoms with E-state index in [0.29, 0.717) is 13.0 Å². The molecule has 1 amide bonds. The Kier molecular flexibility index (Phi) is 4.58. The number of hydrogen-bond acceptors (Lipinski definition) is 3. The lowest BCUT2D eigenvalue weighted by Gasteiger charge is -2.25. The van der Waals surface area contributed by atoms with E-state index in [1.54, 1.807) is 0 Å². The fraction of sp³-hybridized carbons (Fsp3) is 0.818. The maximum absolute atomic E-state index is 11.7. The molecular formula is C11H19NO4. The Morgan fingerprint density at radius 1 is 1.44 bits per heavy atom. The number of carboxylic acids is 1. The average Bonchev–Trinajstić information content (AvgIpc) is 2.60. The molecule has 0 aromatic heterocycles. The largest absolute Gasteiger partial charge is 0.480 e. The monoisotopic (exact) mass is 229 g/mol. The molecule has 1 aliphatic rings. The van der Waals surface area contributed by atoms with E-state index in [9.17, 15) is 9.59 Å². The van der Waals surface area contributed by atoms with Gasteiger partial charge in [0.2, 0.25) is 0 Å². The fourth-order valence-electron chi connectivity index (χ4n) is 1.91. The van der Waals surface area contributed by atoms with E-state index in [1.165, 1.54) is 4.90 Å². The van der Waals surface area contributed by atoms with Crippen molar-refractivity contribution < 1.29 is 19.4 Å². The quantitative estimate of drug-likeness (QED) is 0.747. The number of rotatable bonds is 4. The molecule has 92 valence electrons. The molecule has 0 aliphatic carbocycles. The van der Waals surface area contributed by atoms with E-state index >= 15 is 0 Å². The number of ether oxygens (including phenoxy) is 1. The minimum atomic E-state index is -0.947. The van der Waals surface area contributed by atoms with E-state index in [0.717, 1.165) is 19.3 Å². The van der Waals surface area contributed by atoms with Gasteiger partial charge >= 0.3 is 12.1 Å². The van der Waals surface area contributed by atoms with Crippen molar-refractivity contribution in [3.8, 4) is 0 Å². The second kappa shape index (κ2) is 5.72. The van der Waals surface area contributed by atoms with Crippen LogP contribution in [0.15, 0.2) is 0 Å². The minimum Gasteiger partial charge on any atom is -0.480 e. The van der Waals surface area contributed by atoms with Crippen LogP contribution >= 0.6 is 0 Å². The molecule has 1 heterocycles. The van der Waals surface area contributed by atoms with E-state index in [-0.39, 0.29) is 6.04 Å². The number of amides is 1. The third kappa shape index (κ3) is 2.87. The topological polar surface area (TPSA) is 66.8 Å². The van der Waals surface area contributed by atoms with Crippen molar-refractivity contribution in [1.82, 2.24) is 4.90 Å². The lowest BCUT2D eigenvalue weighted by atomic mass is 10.2. The Balaban J connectivity index is 2.54. The smallest absolute Gasteiger partial charge is 0.410 e. The van der Waals surface area contributed by atoms with Crippen LogP contribution in [0.25, 0.3) is 0 Å². The Morgan fingerprint density at radius 3 is 2.69 bits per heavy atom. The molecule has 0 radical (unpaired) electrons. The molecule has 2 unspecified atom stereocenters. The average molecular weight is 229 g/mol. The van der Waals surface area contributed by atoms with E-state index < -0.39 is 18.1 Å². The minimum absolute atomic E-state index is 0.0461. The summed E-state index contributed by atoms with van der Waals surface area (Å²) in [5, 5.41) is 8.97. The summed E-state index contributed by atoms with van der Waals surface area (Å²) in [6.07, 6.45) is 2.50. The van der Waals surface area contributed by atoms with Crippen LogP contribution < -0.4 is 0 Å². The van der Waals surface area contributed by atoms with Gasteiger partial charge in [-0.05, 0) is 26.2 Å². The Hall–Kier alpha value is -1.26. The molecule has 5 heteroatoms. The third-order valence-corrected chi connectivity index (χ3v) is 2.89. The van der Waals surface area contributed by atoms with Gasteiger partial charge in [-0.15, -0.1) is 0 Å². The van der Waals surface area contributed by atoms with E-state index in [1.807, 2.05) is 13.8 Å². The van der Waals surface area contributed by atoms with Crippen LogP contribution in [0.3, 0.4) is 0 Å². The molecule has 0 bridgehead atoms. The summed E-state index contributed by atoms with van der Waals surface area (Å²) < 4.78 is 5.04. The molecule has 0 spiro atoms. The first-order valence-corrected chi connectivity index (χ1v) is 5.75. The Morgan fingerprint density at radius 2 is 2.12 bits per heavy atom. The first-order chi connectivity index (χ1) is 7.57. The van der Waals surface area contributed by atoms with Crippen LogP contribution in [0, 0.1) is 0 Å². The van der Waals surface area contributed by atoms with Crippen LogP contribution in [-0.4, -0.2) is 40.8 Å². The lowest BCUT2D eigenvalue weighted by Crippen LogP contribution is -2.44. The van der Waals surface area contributed by atoms with Crippen LogP contribution in [0.1, 0.15) is 39.5 Å². The number of carbonyl (C=O) groups excluding carboxylic acids is 1. The normalized spacial score (nSPS) is 24.5. The number of aliphatic carboxylic acids is 1. The van der Waals surface area contributed by atoms with Crippen molar-refractivity contribution in [3.63, 3.8) is 0 Å². The van der Waals surface area contributed by atoms with Gasteiger partial charge in [0.1, 0.15) is 6.04 Å². The van der Waals surface area contributed by atoms with Crippen molar-refractivity contribution >= 4 is 12.1 Å².